The second kappa shape index (κ2) is 14.1. The van der Waals surface area contributed by atoms with E-state index in [0.29, 0.717) is 37.0 Å². The van der Waals surface area contributed by atoms with Crippen LogP contribution in [0.1, 0.15) is 47.8 Å². The fourth-order valence-electron chi connectivity index (χ4n) is 6.63. The summed E-state index contributed by atoms with van der Waals surface area (Å²) in [4.78, 5) is 49.5. The molecule has 0 unspecified atom stereocenters. The van der Waals surface area contributed by atoms with E-state index >= 15 is 0 Å². The highest BCUT2D eigenvalue weighted by molar-refractivity contribution is 5.93. The number of benzene rings is 2. The number of nitrogens with zero attached hydrogens (tertiary/aromatic N) is 5. The minimum Gasteiger partial charge on any atom is -0.348 e. The van der Waals surface area contributed by atoms with Crippen LogP contribution in [0.3, 0.4) is 0 Å². The van der Waals surface area contributed by atoms with Crippen molar-refractivity contribution >= 4 is 22.6 Å². The molecule has 2 aromatic carbocycles. The van der Waals surface area contributed by atoms with Gasteiger partial charge in [-0.25, -0.2) is 28.1 Å². The van der Waals surface area contributed by atoms with Crippen molar-refractivity contribution in [3.05, 3.63) is 129 Å². The Morgan fingerprint density at radius 1 is 0.900 bits per heavy atom. The van der Waals surface area contributed by atoms with Gasteiger partial charge < -0.3 is 20.4 Å². The third kappa shape index (κ3) is 6.69. The average molecular weight is 679 g/mol. The summed E-state index contributed by atoms with van der Waals surface area (Å²) in [5, 5.41) is 9.48. The summed E-state index contributed by atoms with van der Waals surface area (Å²) in [5.41, 5.74) is 2.97. The average Bonchev–Trinajstić information content (AvgIpc) is 3.55. The second-order valence-corrected chi connectivity index (χ2v) is 12.6. The van der Waals surface area contributed by atoms with Crippen molar-refractivity contribution < 1.29 is 13.6 Å². The molecule has 3 N–H and O–H groups in total. The van der Waals surface area contributed by atoms with Crippen molar-refractivity contribution in [1.82, 2.24) is 39.5 Å². The maximum absolute atomic E-state index is 14.5. The Hall–Kier alpha value is -5.53. The first-order valence-electron chi connectivity index (χ1n) is 16.6. The summed E-state index contributed by atoms with van der Waals surface area (Å²) < 4.78 is 32.1. The smallest absolute Gasteiger partial charge is 0.337 e. The van der Waals surface area contributed by atoms with Gasteiger partial charge in [-0.05, 0) is 79.8 Å². The number of hydrogen-bond donors (Lipinski definition) is 3. The molecule has 1 aliphatic carbocycles. The molecule has 1 aliphatic rings. The van der Waals surface area contributed by atoms with Gasteiger partial charge in [0.2, 0.25) is 0 Å². The molecule has 4 aromatic heterocycles. The molecular formula is C37H36F2N8O3. The Balaban J connectivity index is 1.14. The standard InChI is InChI=1S/C37H36F2N8O3/c1-40-15-16-41-19-23-5-7-24(8-6-23)25-3-2-4-30(17-25)46-34-31(18-27(39)20-42-34)36(49)47(37(46)50)29-12-10-28(11-13-29)43-35(48)32-22-45-21-26(38)9-14-33(45)44-32/h2-9,14,17-18,20-22,28-29,40-41H,10-13,15-16,19H2,1H3,(H,43,48). The van der Waals surface area contributed by atoms with E-state index in [2.05, 4.69) is 38.1 Å². The minimum atomic E-state index is -0.679. The molecule has 0 atom stereocenters. The van der Waals surface area contributed by atoms with Crippen LogP contribution < -0.4 is 27.2 Å². The highest BCUT2D eigenvalue weighted by Crippen LogP contribution is 2.28. The summed E-state index contributed by atoms with van der Waals surface area (Å²) in [5.74, 6) is -1.51. The predicted octanol–water partition coefficient (Wildman–Crippen LogP) is 4.36. The van der Waals surface area contributed by atoms with E-state index in [1.165, 1.54) is 38.1 Å². The summed E-state index contributed by atoms with van der Waals surface area (Å²) >= 11 is 0. The molecule has 13 heteroatoms. The van der Waals surface area contributed by atoms with Crippen LogP contribution in [-0.2, 0) is 6.54 Å². The number of carbonyl (C=O) groups is 1. The Bertz CT molecular complexity index is 2310. The first-order valence-corrected chi connectivity index (χ1v) is 16.6. The zero-order valence-electron chi connectivity index (χ0n) is 27.4. The van der Waals surface area contributed by atoms with Crippen molar-refractivity contribution in [3.63, 3.8) is 0 Å². The zero-order valence-corrected chi connectivity index (χ0v) is 27.4. The monoisotopic (exact) mass is 678 g/mol. The number of likely N-dealkylation sites (N-methyl/N-ethyl adjacent to an activating group) is 1. The van der Waals surface area contributed by atoms with Gasteiger partial charge in [0.25, 0.3) is 11.5 Å². The third-order valence-corrected chi connectivity index (χ3v) is 9.21. The van der Waals surface area contributed by atoms with Crippen LogP contribution in [-0.4, -0.2) is 55.6 Å². The van der Waals surface area contributed by atoms with E-state index in [-0.39, 0.29) is 28.7 Å². The van der Waals surface area contributed by atoms with Crippen molar-refractivity contribution in [1.29, 1.82) is 0 Å². The van der Waals surface area contributed by atoms with Crippen LogP contribution in [0, 0.1) is 11.6 Å². The van der Waals surface area contributed by atoms with E-state index in [4.69, 9.17) is 0 Å². The Labute approximate surface area is 285 Å². The number of amides is 1. The highest BCUT2D eigenvalue weighted by atomic mass is 19.1. The SMILES string of the molecule is CNCCNCc1ccc(-c2cccc(-n3c(=O)n(C4CCC(NC(=O)c5cn6cc(F)ccc6n5)CC4)c(=O)c4cc(F)cnc43)c2)cc1. The minimum absolute atomic E-state index is 0.00356. The lowest BCUT2D eigenvalue weighted by Gasteiger charge is -2.30. The normalized spacial score (nSPS) is 16.2. The fourth-order valence-corrected chi connectivity index (χ4v) is 6.63. The van der Waals surface area contributed by atoms with E-state index in [9.17, 15) is 23.2 Å². The lowest BCUT2D eigenvalue weighted by Crippen LogP contribution is -2.45. The van der Waals surface area contributed by atoms with Crippen LogP contribution >= 0.6 is 0 Å². The summed E-state index contributed by atoms with van der Waals surface area (Å²) in [6, 6.07) is 18.8. The molecule has 0 spiro atoms. The van der Waals surface area contributed by atoms with Crippen LogP contribution in [0.4, 0.5) is 8.78 Å². The van der Waals surface area contributed by atoms with Gasteiger partial charge in [-0.2, -0.15) is 0 Å². The number of halogens is 2. The molecule has 1 saturated carbocycles. The summed E-state index contributed by atoms with van der Waals surface area (Å²) in [6.07, 6.45) is 5.59. The molecule has 1 fully saturated rings. The molecule has 50 heavy (non-hydrogen) atoms. The van der Waals surface area contributed by atoms with E-state index < -0.39 is 28.9 Å². The van der Waals surface area contributed by atoms with E-state index in [0.717, 1.165) is 48.6 Å². The Morgan fingerprint density at radius 2 is 1.70 bits per heavy atom. The quantitative estimate of drug-likeness (QED) is 0.184. The van der Waals surface area contributed by atoms with Gasteiger partial charge >= 0.3 is 5.69 Å². The van der Waals surface area contributed by atoms with E-state index in [1.54, 1.807) is 6.07 Å². The van der Waals surface area contributed by atoms with Crippen molar-refractivity contribution in [3.8, 4) is 16.8 Å². The van der Waals surface area contributed by atoms with Gasteiger partial charge in [-0.3, -0.25) is 14.2 Å². The second-order valence-electron chi connectivity index (χ2n) is 12.6. The molecule has 256 valence electrons. The van der Waals surface area contributed by atoms with Crippen molar-refractivity contribution in [2.24, 2.45) is 0 Å². The molecule has 0 saturated heterocycles. The Kier molecular flexibility index (Phi) is 9.33. The van der Waals surface area contributed by atoms with E-state index in [1.807, 2.05) is 37.4 Å². The zero-order chi connectivity index (χ0) is 34.8. The number of hydrogen-bond acceptors (Lipinski definition) is 7. The number of rotatable bonds is 10. The fraction of sp³-hybridized carbons (Fsp3) is 0.270. The van der Waals surface area contributed by atoms with Crippen molar-refractivity contribution in [2.75, 3.05) is 20.1 Å². The molecule has 4 heterocycles. The molecule has 0 radical (unpaired) electrons. The molecule has 1 amide bonds. The lowest BCUT2D eigenvalue weighted by atomic mass is 9.90. The molecule has 7 rings (SSSR count). The highest BCUT2D eigenvalue weighted by Gasteiger charge is 2.28. The third-order valence-electron chi connectivity index (χ3n) is 9.21. The van der Waals surface area contributed by atoms with Gasteiger partial charge in [0.15, 0.2) is 5.65 Å². The molecule has 0 bridgehead atoms. The Morgan fingerprint density at radius 3 is 2.48 bits per heavy atom. The number of pyridine rings is 2. The topological polar surface area (TPSA) is 127 Å². The number of aromatic nitrogens is 5. The number of nitrogens with one attached hydrogen (secondary N) is 3. The first-order chi connectivity index (χ1) is 24.3. The largest absolute Gasteiger partial charge is 0.348 e. The van der Waals surface area contributed by atoms with Gasteiger partial charge in [-0.15, -0.1) is 0 Å². The maximum atomic E-state index is 14.5. The lowest BCUT2D eigenvalue weighted by molar-refractivity contribution is 0.0917. The molecule has 11 nitrogen and oxygen atoms in total. The van der Waals surface area contributed by atoms with Gasteiger partial charge in [0.05, 0.1) is 17.3 Å². The van der Waals surface area contributed by atoms with Gasteiger partial charge in [-0.1, -0.05) is 36.4 Å². The summed E-state index contributed by atoms with van der Waals surface area (Å²) in [7, 11) is 1.91. The predicted molar refractivity (Wildman–Crippen MR) is 187 cm³/mol. The molecule has 0 aliphatic heterocycles. The summed E-state index contributed by atoms with van der Waals surface area (Å²) in [6.45, 7) is 2.48. The van der Waals surface area contributed by atoms with Crippen LogP contribution in [0.15, 0.2) is 94.9 Å². The first kappa shape index (κ1) is 33.0. The number of imidazole rings is 1. The van der Waals surface area contributed by atoms with Crippen LogP contribution in [0.2, 0.25) is 0 Å². The molecular weight excluding hydrogens is 642 g/mol. The maximum Gasteiger partial charge on any atom is 0.337 e. The van der Waals surface area contributed by atoms with Crippen LogP contribution in [0.25, 0.3) is 33.5 Å². The molecule has 6 aromatic rings. The number of fused-ring (bicyclic) bond motifs is 2. The van der Waals surface area contributed by atoms with Gasteiger partial charge in [0, 0.05) is 44.1 Å². The van der Waals surface area contributed by atoms with Crippen molar-refractivity contribution in [2.45, 2.75) is 44.3 Å². The number of carbonyl (C=O) groups excluding carboxylic acids is 1. The van der Waals surface area contributed by atoms with Crippen LogP contribution in [0.5, 0.6) is 0 Å². The van der Waals surface area contributed by atoms with Gasteiger partial charge in [0.1, 0.15) is 23.0 Å².